The first-order valence-corrected chi connectivity index (χ1v) is 8.13. The molecule has 0 fully saturated rings. The van der Waals surface area contributed by atoms with E-state index in [1.54, 1.807) is 58.0 Å². The quantitative estimate of drug-likeness (QED) is 0.448. The highest BCUT2D eigenvalue weighted by Gasteiger charge is 2.24. The largest absolute Gasteiger partial charge is 0.427 e. The molecule has 8 nitrogen and oxygen atoms in total. The Kier molecular flexibility index (Phi) is 6.10. The predicted octanol–water partition coefficient (Wildman–Crippen LogP) is 2.72. The summed E-state index contributed by atoms with van der Waals surface area (Å²) in [6.07, 6.45) is 1.55. The van der Waals surface area contributed by atoms with Crippen LogP contribution in [0.1, 0.15) is 32.2 Å². The molecule has 2 aromatic rings. The van der Waals surface area contributed by atoms with E-state index in [0.717, 1.165) is 0 Å². The summed E-state index contributed by atoms with van der Waals surface area (Å²) in [4.78, 5) is 24.2. The molecular weight excluding hydrogens is 360 g/mol. The highest BCUT2D eigenvalue weighted by molar-refractivity contribution is 6.30. The molecule has 0 amide bonds. The summed E-state index contributed by atoms with van der Waals surface area (Å²) < 4.78 is 11.2. The van der Waals surface area contributed by atoms with Crippen LogP contribution in [0.3, 0.4) is 0 Å². The van der Waals surface area contributed by atoms with Crippen LogP contribution in [0.2, 0.25) is 5.02 Å². The molecule has 2 rings (SSSR count). The molecule has 0 aliphatic carbocycles. The second-order valence-electron chi connectivity index (χ2n) is 6.45. The summed E-state index contributed by atoms with van der Waals surface area (Å²) in [7, 11) is 0. The Morgan fingerprint density at radius 1 is 1.19 bits per heavy atom. The van der Waals surface area contributed by atoms with E-state index in [-0.39, 0.29) is 5.70 Å². The van der Waals surface area contributed by atoms with Gasteiger partial charge in [0.1, 0.15) is 0 Å². The molecule has 1 heterocycles. The molecule has 0 bridgehead atoms. The number of nitrogens with zero attached hydrogens (tertiary/aromatic N) is 4. The highest BCUT2D eigenvalue weighted by atomic mass is 35.5. The Morgan fingerprint density at radius 3 is 2.38 bits per heavy atom. The minimum Gasteiger partial charge on any atom is -0.427 e. The zero-order valence-corrected chi connectivity index (χ0v) is 15.6. The van der Waals surface area contributed by atoms with E-state index < -0.39 is 24.1 Å². The Morgan fingerprint density at radius 2 is 1.85 bits per heavy atom. The van der Waals surface area contributed by atoms with Crippen LogP contribution in [0.25, 0.3) is 11.8 Å². The van der Waals surface area contributed by atoms with E-state index in [9.17, 15) is 9.59 Å². The Labute approximate surface area is 155 Å². The van der Waals surface area contributed by atoms with Crippen molar-refractivity contribution in [1.29, 1.82) is 0 Å². The summed E-state index contributed by atoms with van der Waals surface area (Å²) in [6.45, 7) is 6.24. The van der Waals surface area contributed by atoms with Crippen molar-refractivity contribution >= 4 is 35.3 Å². The van der Waals surface area contributed by atoms with Crippen molar-refractivity contribution in [2.24, 2.45) is 5.41 Å². The zero-order valence-electron chi connectivity index (χ0n) is 14.9. The average Bonchev–Trinajstić information content (AvgIpc) is 2.99. The number of hydrogen-bond donors (Lipinski definition) is 0. The molecule has 0 saturated carbocycles. The lowest BCUT2D eigenvalue weighted by Crippen LogP contribution is -2.25. The van der Waals surface area contributed by atoms with Gasteiger partial charge < -0.3 is 9.47 Å². The molecule has 138 valence electrons. The van der Waals surface area contributed by atoms with E-state index in [0.29, 0.717) is 16.4 Å². The van der Waals surface area contributed by atoms with Crippen molar-refractivity contribution in [3.05, 3.63) is 40.7 Å². The lowest BCUT2D eigenvalue weighted by Gasteiger charge is -2.16. The van der Waals surface area contributed by atoms with Gasteiger partial charge in [-0.3, -0.25) is 4.79 Å². The number of aromatic nitrogens is 4. The Hall–Kier alpha value is -2.74. The van der Waals surface area contributed by atoms with Gasteiger partial charge in [0.05, 0.1) is 5.41 Å². The number of benzene rings is 1. The molecule has 0 atom stereocenters. The van der Waals surface area contributed by atoms with Crippen LogP contribution in [0.15, 0.2) is 24.3 Å². The molecule has 1 aromatic heterocycles. The van der Waals surface area contributed by atoms with Gasteiger partial charge >= 0.3 is 11.9 Å². The standard InChI is InChI=1S/C17H19ClN4O4/c1-11-19-20-21-22(11)14(9-12-5-7-13(18)8-6-12)15(23)25-10-26-16(24)17(2,3)4/h5-9H,10H2,1-4H3/b14-9-. The highest BCUT2D eigenvalue weighted by Crippen LogP contribution is 2.17. The summed E-state index contributed by atoms with van der Waals surface area (Å²) in [6, 6.07) is 6.84. The summed E-state index contributed by atoms with van der Waals surface area (Å²) in [5.41, 5.74) is 0.0745. The zero-order chi connectivity index (χ0) is 19.3. The molecule has 0 aliphatic rings. The molecule has 0 aliphatic heterocycles. The lowest BCUT2D eigenvalue weighted by molar-refractivity contribution is -0.170. The van der Waals surface area contributed by atoms with Crippen LogP contribution in [0, 0.1) is 12.3 Å². The Balaban J connectivity index is 2.19. The Bertz CT molecular complexity index is 822. The third-order valence-electron chi connectivity index (χ3n) is 3.23. The average molecular weight is 379 g/mol. The van der Waals surface area contributed by atoms with Crippen LogP contribution in [0.4, 0.5) is 0 Å². The maximum absolute atomic E-state index is 12.5. The summed E-state index contributed by atoms with van der Waals surface area (Å²) in [5, 5.41) is 11.6. The fourth-order valence-corrected chi connectivity index (χ4v) is 1.93. The van der Waals surface area contributed by atoms with Gasteiger partial charge in [0.2, 0.25) is 6.79 Å². The number of carbonyl (C=O) groups excluding carboxylic acids is 2. The molecular formula is C17H19ClN4O4. The van der Waals surface area contributed by atoms with Crippen LogP contribution < -0.4 is 0 Å². The summed E-state index contributed by atoms with van der Waals surface area (Å²) >= 11 is 5.87. The van der Waals surface area contributed by atoms with Crippen LogP contribution >= 0.6 is 11.6 Å². The second kappa shape index (κ2) is 8.09. The number of hydrogen-bond acceptors (Lipinski definition) is 7. The van der Waals surface area contributed by atoms with Crippen molar-refractivity contribution in [2.75, 3.05) is 6.79 Å². The van der Waals surface area contributed by atoms with Crippen molar-refractivity contribution in [1.82, 2.24) is 20.2 Å². The molecule has 26 heavy (non-hydrogen) atoms. The van der Waals surface area contributed by atoms with Gasteiger partial charge in [0.25, 0.3) is 0 Å². The molecule has 0 N–H and O–H groups in total. The first kappa shape index (κ1) is 19.6. The molecule has 0 unspecified atom stereocenters. The van der Waals surface area contributed by atoms with Gasteiger partial charge in [0.15, 0.2) is 11.5 Å². The van der Waals surface area contributed by atoms with E-state index in [1.165, 1.54) is 4.68 Å². The normalized spacial score (nSPS) is 12.0. The first-order chi connectivity index (χ1) is 12.2. The monoisotopic (exact) mass is 378 g/mol. The van der Waals surface area contributed by atoms with Crippen LogP contribution in [-0.4, -0.2) is 38.9 Å². The molecule has 0 radical (unpaired) electrons. The number of halogens is 1. The predicted molar refractivity (Wildman–Crippen MR) is 94.7 cm³/mol. The maximum Gasteiger partial charge on any atom is 0.360 e. The van der Waals surface area contributed by atoms with E-state index in [4.69, 9.17) is 21.1 Å². The number of rotatable bonds is 5. The first-order valence-electron chi connectivity index (χ1n) is 7.75. The van der Waals surface area contributed by atoms with Gasteiger partial charge in [-0.25, -0.2) is 4.79 Å². The van der Waals surface area contributed by atoms with Gasteiger partial charge in [0, 0.05) is 5.02 Å². The third-order valence-corrected chi connectivity index (χ3v) is 3.48. The van der Waals surface area contributed by atoms with Crippen LogP contribution in [0.5, 0.6) is 0 Å². The van der Waals surface area contributed by atoms with Crippen molar-refractivity contribution in [3.8, 4) is 0 Å². The van der Waals surface area contributed by atoms with Gasteiger partial charge in [-0.1, -0.05) is 23.7 Å². The van der Waals surface area contributed by atoms with Crippen LogP contribution in [-0.2, 0) is 19.1 Å². The molecule has 9 heteroatoms. The number of carbonyl (C=O) groups is 2. The second-order valence-corrected chi connectivity index (χ2v) is 6.89. The maximum atomic E-state index is 12.5. The minimum atomic E-state index is -0.739. The van der Waals surface area contributed by atoms with E-state index in [2.05, 4.69) is 15.5 Å². The number of tetrazole rings is 1. The molecule has 1 aromatic carbocycles. The molecule has 0 saturated heterocycles. The SMILES string of the molecule is Cc1nnnn1/C(=C\c1ccc(Cl)cc1)C(=O)OCOC(=O)C(C)(C)C. The van der Waals surface area contributed by atoms with Gasteiger partial charge in [-0.05, 0) is 61.9 Å². The summed E-state index contributed by atoms with van der Waals surface area (Å²) in [5.74, 6) is -0.821. The van der Waals surface area contributed by atoms with E-state index >= 15 is 0 Å². The van der Waals surface area contributed by atoms with Gasteiger partial charge in [-0.2, -0.15) is 4.68 Å². The minimum absolute atomic E-state index is 0.0710. The number of aryl methyl sites for hydroxylation is 1. The third kappa shape index (κ3) is 5.13. The molecule has 0 spiro atoms. The number of ether oxygens (including phenoxy) is 2. The fourth-order valence-electron chi connectivity index (χ4n) is 1.80. The van der Waals surface area contributed by atoms with E-state index in [1.807, 2.05) is 0 Å². The fraction of sp³-hybridized carbons (Fsp3) is 0.353. The smallest absolute Gasteiger partial charge is 0.360 e. The van der Waals surface area contributed by atoms with Crippen molar-refractivity contribution < 1.29 is 19.1 Å². The van der Waals surface area contributed by atoms with Gasteiger partial charge in [-0.15, -0.1) is 5.10 Å². The van der Waals surface area contributed by atoms with Crippen molar-refractivity contribution in [2.45, 2.75) is 27.7 Å². The lowest BCUT2D eigenvalue weighted by atomic mass is 9.98. The number of esters is 2. The van der Waals surface area contributed by atoms with Crippen molar-refractivity contribution in [3.63, 3.8) is 0 Å². The topological polar surface area (TPSA) is 96.2 Å².